The highest BCUT2D eigenvalue weighted by Gasteiger charge is 2.08. The van der Waals surface area contributed by atoms with Crippen LogP contribution in [-0.2, 0) is 11.3 Å². The molecule has 0 unspecified atom stereocenters. The van der Waals surface area contributed by atoms with Gasteiger partial charge < -0.3 is 5.32 Å². The normalized spacial score (nSPS) is 10.9. The predicted octanol–water partition coefficient (Wildman–Crippen LogP) is 3.39. The number of aromatic nitrogens is 4. The third-order valence-corrected chi connectivity index (χ3v) is 4.26. The third kappa shape index (κ3) is 4.36. The number of aryl methyl sites for hydroxylation is 1. The molecule has 3 aromatic heterocycles. The molecule has 1 amide bonds. The van der Waals surface area contributed by atoms with Gasteiger partial charge in [0.1, 0.15) is 5.82 Å². The molecule has 0 aliphatic carbocycles. The smallest absolute Gasteiger partial charge is 0.262 e. The molecule has 0 atom stereocenters. The standard InChI is InChI=1S/C20H23N5O2/c1-3-5-6-18(26)24-17-8-7-14(11-21-17)15-10-16-19(22-12-15)23-13-25(9-4-2)20(16)27/h7-8,10-13H,3-6,9H2,1-2H3,(H,21,24,26). The monoisotopic (exact) mass is 365 g/mol. The minimum atomic E-state index is -0.0935. The largest absolute Gasteiger partial charge is 0.311 e. The van der Waals surface area contributed by atoms with Gasteiger partial charge in [0.25, 0.3) is 5.56 Å². The Labute approximate surface area is 157 Å². The Kier molecular flexibility index (Phi) is 5.90. The van der Waals surface area contributed by atoms with E-state index in [9.17, 15) is 9.59 Å². The summed E-state index contributed by atoms with van der Waals surface area (Å²) in [7, 11) is 0. The van der Waals surface area contributed by atoms with Crippen LogP contribution in [0.25, 0.3) is 22.2 Å². The van der Waals surface area contributed by atoms with Crippen molar-refractivity contribution in [1.29, 1.82) is 0 Å². The lowest BCUT2D eigenvalue weighted by Crippen LogP contribution is -2.20. The summed E-state index contributed by atoms with van der Waals surface area (Å²) in [6.45, 7) is 4.68. The van der Waals surface area contributed by atoms with E-state index in [1.165, 1.54) is 0 Å². The molecule has 3 aromatic rings. The molecule has 0 radical (unpaired) electrons. The van der Waals surface area contributed by atoms with Crippen LogP contribution >= 0.6 is 0 Å². The topological polar surface area (TPSA) is 89.8 Å². The first-order chi connectivity index (χ1) is 13.1. The molecular weight excluding hydrogens is 342 g/mol. The number of amides is 1. The molecule has 0 saturated heterocycles. The maximum atomic E-state index is 12.6. The Balaban J connectivity index is 1.85. The van der Waals surface area contributed by atoms with Crippen molar-refractivity contribution >= 4 is 22.8 Å². The zero-order chi connectivity index (χ0) is 19.2. The zero-order valence-electron chi connectivity index (χ0n) is 15.6. The van der Waals surface area contributed by atoms with Crippen LogP contribution in [0.5, 0.6) is 0 Å². The number of hydrogen-bond acceptors (Lipinski definition) is 5. The first-order valence-electron chi connectivity index (χ1n) is 9.23. The zero-order valence-corrected chi connectivity index (χ0v) is 15.6. The summed E-state index contributed by atoms with van der Waals surface area (Å²) in [4.78, 5) is 37.2. The van der Waals surface area contributed by atoms with E-state index in [1.807, 2.05) is 19.9 Å². The van der Waals surface area contributed by atoms with Crippen LogP contribution in [0.3, 0.4) is 0 Å². The predicted molar refractivity (Wildman–Crippen MR) is 105 cm³/mol. The number of unbranched alkanes of at least 4 members (excludes halogenated alkanes) is 1. The Hall–Kier alpha value is -3.09. The average molecular weight is 365 g/mol. The summed E-state index contributed by atoms with van der Waals surface area (Å²) in [5.74, 6) is 0.479. The van der Waals surface area contributed by atoms with E-state index < -0.39 is 0 Å². The van der Waals surface area contributed by atoms with Gasteiger partial charge in [-0.05, 0) is 31.0 Å². The van der Waals surface area contributed by atoms with E-state index in [-0.39, 0.29) is 11.5 Å². The quantitative estimate of drug-likeness (QED) is 0.693. The molecule has 27 heavy (non-hydrogen) atoms. The molecule has 3 heterocycles. The number of fused-ring (bicyclic) bond motifs is 1. The van der Waals surface area contributed by atoms with Gasteiger partial charge in [0, 0.05) is 36.5 Å². The molecule has 140 valence electrons. The van der Waals surface area contributed by atoms with Crippen molar-refractivity contribution in [2.24, 2.45) is 0 Å². The van der Waals surface area contributed by atoms with Crippen molar-refractivity contribution in [3.63, 3.8) is 0 Å². The number of carbonyl (C=O) groups is 1. The van der Waals surface area contributed by atoms with E-state index in [0.717, 1.165) is 30.4 Å². The van der Waals surface area contributed by atoms with E-state index in [1.54, 1.807) is 35.4 Å². The first kappa shape index (κ1) is 18.7. The van der Waals surface area contributed by atoms with E-state index in [4.69, 9.17) is 0 Å². The molecule has 3 rings (SSSR count). The van der Waals surface area contributed by atoms with Gasteiger partial charge in [-0.15, -0.1) is 0 Å². The van der Waals surface area contributed by atoms with Gasteiger partial charge in [0.05, 0.1) is 11.7 Å². The lowest BCUT2D eigenvalue weighted by Gasteiger charge is -2.07. The summed E-state index contributed by atoms with van der Waals surface area (Å²) >= 11 is 0. The molecule has 0 spiro atoms. The second-order valence-corrected chi connectivity index (χ2v) is 6.42. The van der Waals surface area contributed by atoms with Crippen LogP contribution in [0.4, 0.5) is 5.82 Å². The maximum Gasteiger partial charge on any atom is 0.262 e. The Morgan fingerprint density at radius 3 is 2.59 bits per heavy atom. The lowest BCUT2D eigenvalue weighted by molar-refractivity contribution is -0.116. The highest BCUT2D eigenvalue weighted by Crippen LogP contribution is 2.21. The number of pyridine rings is 2. The van der Waals surface area contributed by atoms with Crippen LogP contribution in [0, 0.1) is 0 Å². The minimum absolute atomic E-state index is 0.0352. The van der Waals surface area contributed by atoms with E-state index in [0.29, 0.717) is 29.8 Å². The summed E-state index contributed by atoms with van der Waals surface area (Å²) in [6, 6.07) is 5.40. The highest BCUT2D eigenvalue weighted by atomic mass is 16.1. The highest BCUT2D eigenvalue weighted by molar-refractivity contribution is 5.90. The molecule has 0 bridgehead atoms. The maximum absolute atomic E-state index is 12.6. The molecule has 0 aromatic carbocycles. The summed E-state index contributed by atoms with van der Waals surface area (Å²) in [5.41, 5.74) is 1.95. The molecule has 0 fully saturated rings. The minimum Gasteiger partial charge on any atom is -0.311 e. The number of nitrogens with zero attached hydrogens (tertiary/aromatic N) is 4. The van der Waals surface area contributed by atoms with E-state index in [2.05, 4.69) is 20.3 Å². The second kappa shape index (κ2) is 8.53. The Morgan fingerprint density at radius 2 is 1.89 bits per heavy atom. The molecule has 0 aliphatic rings. The van der Waals surface area contributed by atoms with Gasteiger partial charge in [0.2, 0.25) is 5.91 Å². The van der Waals surface area contributed by atoms with Crippen molar-refractivity contribution in [1.82, 2.24) is 19.5 Å². The molecule has 0 saturated carbocycles. The van der Waals surface area contributed by atoms with Crippen LogP contribution in [0.2, 0.25) is 0 Å². The van der Waals surface area contributed by atoms with Crippen LogP contribution in [-0.4, -0.2) is 25.4 Å². The summed E-state index contributed by atoms with van der Waals surface area (Å²) in [6.07, 6.45) is 8.06. The fraction of sp³-hybridized carbons (Fsp3) is 0.350. The van der Waals surface area contributed by atoms with Crippen molar-refractivity contribution in [2.45, 2.75) is 46.1 Å². The second-order valence-electron chi connectivity index (χ2n) is 6.42. The fourth-order valence-electron chi connectivity index (χ4n) is 2.79. The number of anilines is 1. The number of nitrogens with one attached hydrogen (secondary N) is 1. The molecule has 7 heteroatoms. The Bertz CT molecular complexity index is 995. The summed E-state index contributed by atoms with van der Waals surface area (Å²) < 4.78 is 1.60. The number of rotatable bonds is 7. The van der Waals surface area contributed by atoms with E-state index >= 15 is 0 Å². The van der Waals surface area contributed by atoms with Gasteiger partial charge in [0.15, 0.2) is 5.65 Å². The van der Waals surface area contributed by atoms with Gasteiger partial charge in [-0.3, -0.25) is 14.2 Å². The lowest BCUT2D eigenvalue weighted by atomic mass is 10.1. The number of hydrogen-bond donors (Lipinski definition) is 1. The molecular formula is C20H23N5O2. The Morgan fingerprint density at radius 1 is 1.07 bits per heavy atom. The van der Waals surface area contributed by atoms with Crippen molar-refractivity contribution in [3.8, 4) is 11.1 Å². The third-order valence-electron chi connectivity index (χ3n) is 4.26. The first-order valence-corrected chi connectivity index (χ1v) is 9.23. The average Bonchev–Trinajstić information content (AvgIpc) is 2.69. The van der Waals surface area contributed by atoms with Gasteiger partial charge in [-0.25, -0.2) is 15.0 Å². The van der Waals surface area contributed by atoms with Gasteiger partial charge >= 0.3 is 0 Å². The van der Waals surface area contributed by atoms with Crippen molar-refractivity contribution in [2.75, 3.05) is 5.32 Å². The van der Waals surface area contributed by atoms with Crippen molar-refractivity contribution in [3.05, 3.63) is 47.3 Å². The van der Waals surface area contributed by atoms with Crippen LogP contribution in [0.15, 0.2) is 41.7 Å². The van der Waals surface area contributed by atoms with Gasteiger partial charge in [-0.1, -0.05) is 20.3 Å². The molecule has 0 aliphatic heterocycles. The summed E-state index contributed by atoms with van der Waals surface area (Å²) in [5, 5.41) is 3.27. The van der Waals surface area contributed by atoms with Gasteiger partial charge in [-0.2, -0.15) is 0 Å². The van der Waals surface area contributed by atoms with Crippen LogP contribution in [0.1, 0.15) is 39.5 Å². The number of carbonyl (C=O) groups excluding carboxylic acids is 1. The van der Waals surface area contributed by atoms with Crippen molar-refractivity contribution < 1.29 is 4.79 Å². The SMILES string of the molecule is CCCCC(=O)Nc1ccc(-c2cnc3ncn(CCC)c(=O)c3c2)cn1. The van der Waals surface area contributed by atoms with Crippen LogP contribution < -0.4 is 10.9 Å². The molecule has 1 N–H and O–H groups in total. The molecule has 7 nitrogen and oxygen atoms in total. The fourth-order valence-corrected chi connectivity index (χ4v) is 2.79.